The zero-order valence-electron chi connectivity index (χ0n) is 10.8. The van der Waals surface area contributed by atoms with Crippen LogP contribution in [0.3, 0.4) is 0 Å². The van der Waals surface area contributed by atoms with Crippen molar-refractivity contribution in [1.29, 1.82) is 0 Å². The number of halogens is 1. The molecule has 0 amide bonds. The van der Waals surface area contributed by atoms with Crippen LogP contribution in [0.5, 0.6) is 0 Å². The maximum Gasteiger partial charge on any atom is 0.153 e. The molecule has 4 rings (SSSR count). The summed E-state index contributed by atoms with van der Waals surface area (Å²) in [5.74, 6) is 0. The highest BCUT2D eigenvalue weighted by molar-refractivity contribution is 7.25. The molecule has 0 aliphatic rings. The number of benzene rings is 2. The minimum Gasteiger partial charge on any atom is -0.233 e. The SMILES string of the molecule is Clc1ccc(-c2csc(-c3nc4ccccc4s3)n2)cc1. The molecule has 2 heterocycles. The van der Waals surface area contributed by atoms with E-state index in [2.05, 4.69) is 16.4 Å². The lowest BCUT2D eigenvalue weighted by Crippen LogP contribution is -1.78. The van der Waals surface area contributed by atoms with Gasteiger partial charge >= 0.3 is 0 Å². The monoisotopic (exact) mass is 328 g/mol. The molecule has 0 fully saturated rings. The summed E-state index contributed by atoms with van der Waals surface area (Å²) in [5, 5.41) is 4.73. The van der Waals surface area contributed by atoms with E-state index in [1.54, 1.807) is 22.7 Å². The maximum atomic E-state index is 5.92. The molecule has 0 bridgehead atoms. The molecule has 4 aromatic rings. The second-order valence-electron chi connectivity index (χ2n) is 4.53. The van der Waals surface area contributed by atoms with E-state index in [1.807, 2.05) is 42.5 Å². The van der Waals surface area contributed by atoms with Crippen LogP contribution in [0, 0.1) is 0 Å². The third-order valence-electron chi connectivity index (χ3n) is 3.12. The first-order chi connectivity index (χ1) is 10.3. The summed E-state index contributed by atoms with van der Waals surface area (Å²) < 4.78 is 1.19. The van der Waals surface area contributed by atoms with Gasteiger partial charge in [0.05, 0.1) is 15.9 Å². The molecule has 102 valence electrons. The summed E-state index contributed by atoms with van der Waals surface area (Å²) in [5.41, 5.74) is 3.06. The number of fused-ring (bicyclic) bond motifs is 1. The quantitative estimate of drug-likeness (QED) is 0.469. The topological polar surface area (TPSA) is 25.8 Å². The van der Waals surface area contributed by atoms with Crippen molar-refractivity contribution in [3.8, 4) is 21.3 Å². The van der Waals surface area contributed by atoms with Gasteiger partial charge in [-0.25, -0.2) is 9.97 Å². The van der Waals surface area contributed by atoms with Crippen LogP contribution in [0.4, 0.5) is 0 Å². The van der Waals surface area contributed by atoms with E-state index in [4.69, 9.17) is 16.6 Å². The van der Waals surface area contributed by atoms with Crippen molar-refractivity contribution in [2.24, 2.45) is 0 Å². The van der Waals surface area contributed by atoms with E-state index in [9.17, 15) is 0 Å². The lowest BCUT2D eigenvalue weighted by molar-refractivity contribution is 1.37. The Morgan fingerprint density at radius 2 is 1.67 bits per heavy atom. The smallest absolute Gasteiger partial charge is 0.153 e. The van der Waals surface area contributed by atoms with Crippen LogP contribution in [0.1, 0.15) is 0 Å². The van der Waals surface area contributed by atoms with Crippen LogP contribution in [0.25, 0.3) is 31.5 Å². The predicted octanol–water partition coefficient (Wildman–Crippen LogP) is 5.74. The average molecular weight is 329 g/mol. The maximum absolute atomic E-state index is 5.92. The molecule has 0 radical (unpaired) electrons. The molecule has 2 aromatic heterocycles. The van der Waals surface area contributed by atoms with Crippen LogP contribution in [-0.4, -0.2) is 9.97 Å². The summed E-state index contributed by atoms with van der Waals surface area (Å²) in [6.45, 7) is 0. The Hall–Kier alpha value is -1.75. The fourth-order valence-corrected chi connectivity index (χ4v) is 4.04. The zero-order chi connectivity index (χ0) is 14.2. The standard InChI is InChI=1S/C16H9ClN2S2/c17-11-7-5-10(6-8-11)13-9-20-15(19-13)16-18-12-3-1-2-4-14(12)21-16/h1-9H. The van der Waals surface area contributed by atoms with Crippen LogP contribution < -0.4 is 0 Å². The first-order valence-electron chi connectivity index (χ1n) is 6.37. The highest BCUT2D eigenvalue weighted by Crippen LogP contribution is 2.34. The second-order valence-corrected chi connectivity index (χ2v) is 6.86. The van der Waals surface area contributed by atoms with Crippen molar-refractivity contribution >= 4 is 44.5 Å². The van der Waals surface area contributed by atoms with E-state index in [0.717, 1.165) is 31.8 Å². The fourth-order valence-electron chi connectivity index (χ4n) is 2.09. The predicted molar refractivity (Wildman–Crippen MR) is 91.2 cm³/mol. The van der Waals surface area contributed by atoms with E-state index in [-0.39, 0.29) is 0 Å². The summed E-state index contributed by atoms with van der Waals surface area (Å²) in [4.78, 5) is 9.35. The van der Waals surface area contributed by atoms with Crippen molar-refractivity contribution in [2.45, 2.75) is 0 Å². The molecular formula is C16H9ClN2S2. The van der Waals surface area contributed by atoms with Gasteiger partial charge in [0.25, 0.3) is 0 Å². The number of nitrogens with zero attached hydrogens (tertiary/aromatic N) is 2. The van der Waals surface area contributed by atoms with Crippen molar-refractivity contribution in [3.05, 3.63) is 58.9 Å². The van der Waals surface area contributed by atoms with Crippen LogP contribution >= 0.6 is 34.3 Å². The second kappa shape index (κ2) is 5.22. The van der Waals surface area contributed by atoms with Crippen molar-refractivity contribution in [3.63, 3.8) is 0 Å². The van der Waals surface area contributed by atoms with Crippen molar-refractivity contribution < 1.29 is 0 Å². The lowest BCUT2D eigenvalue weighted by atomic mass is 10.2. The Labute approximate surface area is 134 Å². The first kappa shape index (κ1) is 13.0. The molecule has 0 saturated carbocycles. The normalized spacial score (nSPS) is 11.1. The van der Waals surface area contributed by atoms with Gasteiger partial charge in [-0.2, -0.15) is 0 Å². The highest BCUT2D eigenvalue weighted by atomic mass is 35.5. The molecule has 21 heavy (non-hydrogen) atoms. The molecule has 0 N–H and O–H groups in total. The first-order valence-corrected chi connectivity index (χ1v) is 8.44. The Bertz CT molecular complexity index is 876. The Kier molecular flexibility index (Phi) is 3.22. The van der Waals surface area contributed by atoms with Gasteiger partial charge in [-0.15, -0.1) is 22.7 Å². The molecule has 0 aliphatic carbocycles. The number of hydrogen-bond acceptors (Lipinski definition) is 4. The molecule has 0 spiro atoms. The number of thiazole rings is 2. The van der Waals surface area contributed by atoms with E-state index in [0.29, 0.717) is 0 Å². The van der Waals surface area contributed by atoms with Crippen LogP contribution in [0.2, 0.25) is 5.02 Å². The molecule has 2 nitrogen and oxygen atoms in total. The molecular weight excluding hydrogens is 320 g/mol. The molecule has 0 saturated heterocycles. The number of hydrogen-bond donors (Lipinski definition) is 0. The summed E-state index contributed by atoms with van der Waals surface area (Å²) in [7, 11) is 0. The van der Waals surface area contributed by atoms with Gasteiger partial charge in [-0.05, 0) is 24.3 Å². The lowest BCUT2D eigenvalue weighted by Gasteiger charge is -1.95. The van der Waals surface area contributed by atoms with Gasteiger partial charge in [0.15, 0.2) is 10.0 Å². The zero-order valence-corrected chi connectivity index (χ0v) is 13.2. The highest BCUT2D eigenvalue weighted by Gasteiger charge is 2.11. The third kappa shape index (κ3) is 2.46. The third-order valence-corrected chi connectivity index (χ3v) is 5.39. The summed E-state index contributed by atoms with van der Waals surface area (Å²) >= 11 is 9.22. The average Bonchev–Trinajstić information content (AvgIpc) is 3.14. The summed E-state index contributed by atoms with van der Waals surface area (Å²) in [6, 6.07) is 15.9. The molecule has 0 unspecified atom stereocenters. The fraction of sp³-hybridized carbons (Fsp3) is 0. The number of rotatable bonds is 2. The van der Waals surface area contributed by atoms with Crippen molar-refractivity contribution in [2.75, 3.05) is 0 Å². The Morgan fingerprint density at radius 3 is 2.48 bits per heavy atom. The van der Waals surface area contributed by atoms with E-state index < -0.39 is 0 Å². The van der Waals surface area contributed by atoms with Crippen molar-refractivity contribution in [1.82, 2.24) is 9.97 Å². The molecule has 2 aromatic carbocycles. The number of para-hydroxylation sites is 1. The van der Waals surface area contributed by atoms with Gasteiger partial charge in [0, 0.05) is 16.0 Å². The van der Waals surface area contributed by atoms with Gasteiger partial charge in [-0.1, -0.05) is 35.9 Å². The Balaban J connectivity index is 1.75. The molecule has 0 atom stereocenters. The Morgan fingerprint density at radius 1 is 0.857 bits per heavy atom. The van der Waals surface area contributed by atoms with E-state index in [1.165, 1.54) is 4.70 Å². The summed E-state index contributed by atoms with van der Waals surface area (Å²) in [6.07, 6.45) is 0. The number of aromatic nitrogens is 2. The minimum atomic E-state index is 0.736. The largest absolute Gasteiger partial charge is 0.233 e. The van der Waals surface area contributed by atoms with Crippen LogP contribution in [-0.2, 0) is 0 Å². The molecule has 0 aliphatic heterocycles. The van der Waals surface area contributed by atoms with Crippen LogP contribution in [0.15, 0.2) is 53.9 Å². The van der Waals surface area contributed by atoms with Gasteiger partial charge in [0.2, 0.25) is 0 Å². The van der Waals surface area contributed by atoms with Gasteiger partial charge in [0.1, 0.15) is 0 Å². The van der Waals surface area contributed by atoms with E-state index >= 15 is 0 Å². The van der Waals surface area contributed by atoms with Gasteiger partial charge < -0.3 is 0 Å². The van der Waals surface area contributed by atoms with Gasteiger partial charge in [-0.3, -0.25) is 0 Å². The molecule has 5 heteroatoms. The minimum absolute atomic E-state index is 0.736.